The van der Waals surface area contributed by atoms with Crippen LogP contribution in [-0.4, -0.2) is 192 Å². The fraction of sp³-hybridized carbons (Fsp3) is 0.844. The van der Waals surface area contributed by atoms with Crippen LogP contribution in [0.5, 0.6) is 0 Å². The first-order valence-electron chi connectivity index (χ1n) is 17.2. The zero-order chi connectivity index (χ0) is 34.6. The first kappa shape index (κ1) is 40.3. The van der Waals surface area contributed by atoms with Gasteiger partial charge in [-0.25, -0.2) is 0 Å². The van der Waals surface area contributed by atoms with E-state index in [1.54, 1.807) is 14.7 Å². The number of hydrogen-bond acceptors (Lipinski definition) is 10. The summed E-state index contributed by atoms with van der Waals surface area (Å²) in [5, 5.41) is 31.0. The monoisotopic (exact) mass is 669 g/mol. The number of unbranched alkanes of at least 4 members (excludes halogenated alkanes) is 2. The number of hydrogen-bond donors (Lipinski definition) is 4. The number of nitrogens with zero attached hydrogens (tertiary/aromatic N) is 6. The molecule has 0 bridgehead atoms. The molecule has 0 aromatic carbocycles. The second-order valence-corrected chi connectivity index (χ2v) is 13.2. The van der Waals surface area contributed by atoms with Gasteiger partial charge in [-0.2, -0.15) is 0 Å². The quantitative estimate of drug-likeness (QED) is 0.140. The highest BCUT2D eigenvalue weighted by atomic mass is 16.4. The van der Waals surface area contributed by atoms with Gasteiger partial charge in [0.05, 0.1) is 26.2 Å². The maximum atomic E-state index is 12.8. The number of carbonyl (C=O) groups is 5. The van der Waals surface area contributed by atoms with Crippen molar-refractivity contribution in [2.24, 2.45) is 5.92 Å². The third-order valence-corrected chi connectivity index (χ3v) is 8.74. The van der Waals surface area contributed by atoms with Crippen molar-refractivity contribution in [1.82, 2.24) is 34.7 Å². The van der Waals surface area contributed by atoms with Gasteiger partial charge in [-0.1, -0.05) is 20.3 Å². The first-order chi connectivity index (χ1) is 22.4. The van der Waals surface area contributed by atoms with Gasteiger partial charge < -0.3 is 25.5 Å². The van der Waals surface area contributed by atoms with E-state index < -0.39 is 17.9 Å². The van der Waals surface area contributed by atoms with E-state index in [4.69, 9.17) is 0 Å². The summed E-state index contributed by atoms with van der Waals surface area (Å²) in [4.78, 5) is 71.2. The topological polar surface area (TPSA) is 178 Å². The molecule has 2 heterocycles. The molecule has 0 aromatic heterocycles. The van der Waals surface area contributed by atoms with Gasteiger partial charge in [-0.15, -0.1) is 0 Å². The molecule has 47 heavy (non-hydrogen) atoms. The fourth-order valence-corrected chi connectivity index (χ4v) is 5.95. The highest BCUT2D eigenvalue weighted by Crippen LogP contribution is 2.10. The Balaban J connectivity index is 1.76. The Hall–Kier alpha value is -2.85. The van der Waals surface area contributed by atoms with E-state index in [1.165, 1.54) is 12.8 Å². The molecule has 15 nitrogen and oxygen atoms in total. The van der Waals surface area contributed by atoms with Gasteiger partial charge in [0.2, 0.25) is 11.8 Å². The van der Waals surface area contributed by atoms with Crippen LogP contribution in [0.25, 0.3) is 0 Å². The maximum absolute atomic E-state index is 12.8. The largest absolute Gasteiger partial charge is 0.480 e. The first-order valence-corrected chi connectivity index (χ1v) is 17.2. The molecule has 2 saturated heterocycles. The van der Waals surface area contributed by atoms with Gasteiger partial charge in [-0.05, 0) is 38.1 Å². The Kier molecular flexibility index (Phi) is 19.5. The van der Waals surface area contributed by atoms with E-state index in [1.807, 2.05) is 9.80 Å². The molecule has 0 aliphatic carbocycles. The molecule has 2 aliphatic rings. The Morgan fingerprint density at radius 2 is 0.979 bits per heavy atom. The number of carbonyl (C=O) groups excluding carboxylic acids is 2. The Bertz CT molecular complexity index is 945. The van der Waals surface area contributed by atoms with Crippen LogP contribution >= 0.6 is 0 Å². The zero-order valence-electron chi connectivity index (χ0n) is 28.6. The normalized spacial score (nSPS) is 18.8. The van der Waals surface area contributed by atoms with Crippen LogP contribution < -0.4 is 5.32 Å². The number of amides is 2. The average Bonchev–Trinajstić information content (AvgIpc) is 2.99. The Morgan fingerprint density at radius 3 is 1.40 bits per heavy atom. The molecular formula is C32H59N7O8. The minimum Gasteiger partial charge on any atom is -0.480 e. The van der Waals surface area contributed by atoms with Crippen molar-refractivity contribution in [3.63, 3.8) is 0 Å². The summed E-state index contributed by atoms with van der Waals surface area (Å²) >= 11 is 0. The predicted octanol–water partition coefficient (Wildman–Crippen LogP) is -0.281. The lowest BCUT2D eigenvalue weighted by molar-refractivity contribution is -0.140. The van der Waals surface area contributed by atoms with Gasteiger partial charge in [0.25, 0.3) is 0 Å². The van der Waals surface area contributed by atoms with Gasteiger partial charge in [-0.3, -0.25) is 48.5 Å². The molecule has 0 radical (unpaired) electrons. The van der Waals surface area contributed by atoms with Gasteiger partial charge in [0, 0.05) is 91.5 Å². The van der Waals surface area contributed by atoms with Crippen molar-refractivity contribution in [3.05, 3.63) is 0 Å². The average molecular weight is 670 g/mol. The third kappa shape index (κ3) is 18.9. The fourth-order valence-electron chi connectivity index (χ4n) is 5.95. The molecule has 0 saturated carbocycles. The molecule has 4 N–H and O–H groups in total. The van der Waals surface area contributed by atoms with Crippen molar-refractivity contribution in [3.8, 4) is 0 Å². The molecule has 0 aromatic rings. The van der Waals surface area contributed by atoms with Crippen molar-refractivity contribution in [1.29, 1.82) is 0 Å². The van der Waals surface area contributed by atoms with Crippen LogP contribution in [0, 0.1) is 5.92 Å². The van der Waals surface area contributed by atoms with E-state index in [0.717, 1.165) is 57.9 Å². The minimum absolute atomic E-state index is 0.0922. The van der Waals surface area contributed by atoms with Crippen molar-refractivity contribution >= 4 is 29.7 Å². The molecular weight excluding hydrogens is 610 g/mol. The summed E-state index contributed by atoms with van der Waals surface area (Å²) in [5.41, 5.74) is 0. The second kappa shape index (κ2) is 22.7. The Morgan fingerprint density at radius 1 is 0.553 bits per heavy atom. The molecule has 0 unspecified atom stereocenters. The van der Waals surface area contributed by atoms with Gasteiger partial charge >= 0.3 is 17.9 Å². The summed E-state index contributed by atoms with van der Waals surface area (Å²) in [7, 11) is 0. The number of nitrogens with one attached hydrogen (secondary N) is 1. The number of carboxylic acid groups (broad SMARTS) is 3. The molecule has 2 rings (SSSR count). The molecule has 15 heteroatoms. The van der Waals surface area contributed by atoms with Crippen molar-refractivity contribution in [2.45, 2.75) is 52.4 Å². The van der Waals surface area contributed by atoms with Crippen LogP contribution in [-0.2, 0) is 24.0 Å². The SMILES string of the molecule is CC(C)CCCN1CCN(C(=O)CCCCCNC(=O)CN2CCN(CC(=O)O)CCN(CC(=O)O)CCN(CC(=O)O)CC2)CC1. The lowest BCUT2D eigenvalue weighted by Crippen LogP contribution is -2.49. The molecule has 2 aliphatic heterocycles. The summed E-state index contributed by atoms with van der Waals surface area (Å²) in [6, 6.07) is 0. The number of piperazine rings is 1. The standard InChI is InChI=1S/C32H59N7O8/c1-27(2)7-6-10-34-19-21-39(22-20-34)29(41)8-4-3-5-9-33-28(40)23-35-11-13-36(24-30(42)43)15-17-38(26-32(46)47)18-16-37(14-12-35)25-31(44)45/h27H,3-26H2,1-2H3,(H,33,40)(H,42,43)(H,44,45)(H,46,47). The lowest BCUT2D eigenvalue weighted by atomic mass is 10.1. The van der Waals surface area contributed by atoms with Crippen LogP contribution in [0.1, 0.15) is 52.4 Å². The van der Waals surface area contributed by atoms with E-state index in [-0.39, 0.29) is 38.0 Å². The molecule has 2 fully saturated rings. The number of carboxylic acids is 3. The van der Waals surface area contributed by atoms with Crippen molar-refractivity contribution in [2.75, 3.05) is 118 Å². The summed E-state index contributed by atoms with van der Waals surface area (Å²) < 4.78 is 0. The van der Waals surface area contributed by atoms with Crippen molar-refractivity contribution < 1.29 is 39.3 Å². The van der Waals surface area contributed by atoms with E-state index in [2.05, 4.69) is 24.1 Å². The highest BCUT2D eigenvalue weighted by molar-refractivity contribution is 5.78. The summed E-state index contributed by atoms with van der Waals surface area (Å²) in [6.45, 7) is 11.8. The molecule has 0 spiro atoms. The molecule has 0 atom stereocenters. The zero-order valence-corrected chi connectivity index (χ0v) is 28.6. The number of aliphatic carboxylic acids is 3. The highest BCUT2D eigenvalue weighted by Gasteiger charge is 2.22. The molecule has 2 amide bonds. The lowest BCUT2D eigenvalue weighted by Gasteiger charge is -2.35. The summed E-state index contributed by atoms with van der Waals surface area (Å²) in [6.07, 6.45) is 5.32. The van der Waals surface area contributed by atoms with Crippen LogP contribution in [0.2, 0.25) is 0 Å². The second-order valence-electron chi connectivity index (χ2n) is 13.2. The molecule has 270 valence electrons. The van der Waals surface area contributed by atoms with E-state index in [9.17, 15) is 39.3 Å². The Labute approximate surface area is 279 Å². The van der Waals surface area contributed by atoms with E-state index in [0.29, 0.717) is 65.3 Å². The number of rotatable bonds is 18. The smallest absolute Gasteiger partial charge is 0.317 e. The van der Waals surface area contributed by atoms with Crippen LogP contribution in [0.3, 0.4) is 0 Å². The third-order valence-electron chi connectivity index (χ3n) is 8.74. The summed E-state index contributed by atoms with van der Waals surface area (Å²) in [5.74, 6) is -2.23. The van der Waals surface area contributed by atoms with Gasteiger partial charge in [0.1, 0.15) is 0 Å². The predicted molar refractivity (Wildman–Crippen MR) is 177 cm³/mol. The van der Waals surface area contributed by atoms with Crippen LogP contribution in [0.4, 0.5) is 0 Å². The maximum Gasteiger partial charge on any atom is 0.317 e. The van der Waals surface area contributed by atoms with Crippen LogP contribution in [0.15, 0.2) is 0 Å². The van der Waals surface area contributed by atoms with E-state index >= 15 is 0 Å². The van der Waals surface area contributed by atoms with Gasteiger partial charge in [0.15, 0.2) is 0 Å². The minimum atomic E-state index is -1.01.